The fourth-order valence-electron chi connectivity index (χ4n) is 2.71. The van der Waals surface area contributed by atoms with Crippen molar-refractivity contribution >= 4 is 0 Å². The summed E-state index contributed by atoms with van der Waals surface area (Å²) in [5.74, 6) is 0. The molecule has 0 saturated carbocycles. The van der Waals surface area contributed by atoms with E-state index >= 15 is 0 Å². The Morgan fingerprint density at radius 2 is 1.82 bits per heavy atom. The Hall–Kier alpha value is -0.860. The van der Waals surface area contributed by atoms with E-state index in [-0.39, 0.29) is 0 Å². The van der Waals surface area contributed by atoms with Crippen molar-refractivity contribution < 1.29 is 0 Å². The minimum atomic E-state index is 0.686. The van der Waals surface area contributed by atoms with Crippen molar-refractivity contribution in [3.8, 4) is 0 Å². The van der Waals surface area contributed by atoms with E-state index in [1.54, 1.807) is 0 Å². The van der Waals surface area contributed by atoms with E-state index in [4.69, 9.17) is 0 Å². The van der Waals surface area contributed by atoms with Crippen LogP contribution in [0.1, 0.15) is 25.3 Å². The molecule has 2 rings (SSSR count). The van der Waals surface area contributed by atoms with Gasteiger partial charge < -0.3 is 4.90 Å². The minimum Gasteiger partial charge on any atom is -0.301 e. The largest absolute Gasteiger partial charge is 0.301 e. The van der Waals surface area contributed by atoms with Crippen LogP contribution in [-0.4, -0.2) is 42.5 Å². The van der Waals surface area contributed by atoms with Crippen LogP contribution in [0.4, 0.5) is 0 Å². The summed E-state index contributed by atoms with van der Waals surface area (Å²) in [6, 6.07) is 11.4. The van der Waals surface area contributed by atoms with E-state index in [1.807, 2.05) is 0 Å². The quantitative estimate of drug-likeness (QED) is 0.770. The molecule has 0 amide bonds. The first-order chi connectivity index (χ1) is 8.25. The van der Waals surface area contributed by atoms with Crippen LogP contribution in [0.3, 0.4) is 0 Å². The monoisotopic (exact) mass is 232 g/mol. The number of hydrogen-bond acceptors (Lipinski definition) is 2. The highest BCUT2D eigenvalue weighted by molar-refractivity contribution is 5.14. The van der Waals surface area contributed by atoms with Crippen molar-refractivity contribution in [3.05, 3.63) is 35.9 Å². The van der Waals surface area contributed by atoms with Crippen LogP contribution in [0.5, 0.6) is 0 Å². The summed E-state index contributed by atoms with van der Waals surface area (Å²) in [7, 11) is 2.22. The molecule has 17 heavy (non-hydrogen) atoms. The maximum absolute atomic E-state index is 2.61. The molecular formula is C15H24N2. The Labute approximate surface area is 105 Å². The zero-order valence-corrected chi connectivity index (χ0v) is 11.1. The molecule has 1 aromatic rings. The zero-order valence-electron chi connectivity index (χ0n) is 11.1. The first-order valence-corrected chi connectivity index (χ1v) is 6.72. The van der Waals surface area contributed by atoms with Crippen molar-refractivity contribution in [1.29, 1.82) is 0 Å². The molecular weight excluding hydrogens is 208 g/mol. The van der Waals surface area contributed by atoms with Gasteiger partial charge in [0.1, 0.15) is 0 Å². The predicted octanol–water partition coefficient (Wildman–Crippen LogP) is 2.60. The lowest BCUT2D eigenvalue weighted by Crippen LogP contribution is -2.39. The van der Waals surface area contributed by atoms with Crippen molar-refractivity contribution in [2.45, 2.75) is 32.4 Å². The molecule has 0 bridgehead atoms. The summed E-state index contributed by atoms with van der Waals surface area (Å²) in [6.07, 6.45) is 2.76. The molecule has 2 heteroatoms. The third kappa shape index (κ3) is 3.83. The number of hydrogen-bond donors (Lipinski definition) is 0. The summed E-state index contributed by atoms with van der Waals surface area (Å²) in [5, 5.41) is 0. The molecule has 1 aromatic carbocycles. The normalized spacial score (nSPS) is 18.8. The Bertz CT molecular complexity index is 317. The highest BCUT2D eigenvalue weighted by atomic mass is 15.2. The van der Waals surface area contributed by atoms with Crippen LogP contribution in [0, 0.1) is 0 Å². The second kappa shape index (κ2) is 6.18. The van der Waals surface area contributed by atoms with E-state index in [0.717, 1.165) is 13.1 Å². The Morgan fingerprint density at radius 3 is 2.47 bits per heavy atom. The van der Waals surface area contributed by atoms with Gasteiger partial charge in [-0.05, 0) is 45.5 Å². The lowest BCUT2D eigenvalue weighted by Gasteiger charge is -2.28. The van der Waals surface area contributed by atoms with Crippen molar-refractivity contribution in [3.63, 3.8) is 0 Å². The van der Waals surface area contributed by atoms with Gasteiger partial charge in [-0.25, -0.2) is 0 Å². The highest BCUT2D eigenvalue weighted by Crippen LogP contribution is 2.13. The Balaban J connectivity index is 1.78. The molecule has 1 heterocycles. The van der Waals surface area contributed by atoms with Gasteiger partial charge in [0, 0.05) is 19.1 Å². The van der Waals surface area contributed by atoms with E-state index < -0.39 is 0 Å². The number of likely N-dealkylation sites (N-methyl/N-ethyl adjacent to an activating group) is 1. The zero-order chi connectivity index (χ0) is 12.1. The van der Waals surface area contributed by atoms with Crippen LogP contribution < -0.4 is 0 Å². The third-order valence-corrected chi connectivity index (χ3v) is 3.64. The summed E-state index contributed by atoms with van der Waals surface area (Å²) in [6.45, 7) is 7.15. The molecule has 1 atom stereocenters. The summed E-state index contributed by atoms with van der Waals surface area (Å²) in [5.41, 5.74) is 1.41. The minimum absolute atomic E-state index is 0.686. The van der Waals surface area contributed by atoms with E-state index in [9.17, 15) is 0 Å². The first kappa shape index (κ1) is 12.6. The van der Waals surface area contributed by atoms with Gasteiger partial charge >= 0.3 is 0 Å². The topological polar surface area (TPSA) is 6.48 Å². The number of benzene rings is 1. The summed E-state index contributed by atoms with van der Waals surface area (Å²) in [4.78, 5) is 5.04. The van der Waals surface area contributed by atoms with Gasteiger partial charge in [0.25, 0.3) is 0 Å². The highest BCUT2D eigenvalue weighted by Gasteiger charge is 2.18. The number of likely N-dealkylation sites (tertiary alicyclic amines) is 1. The fourth-order valence-corrected chi connectivity index (χ4v) is 2.71. The molecule has 1 unspecified atom stereocenters. The van der Waals surface area contributed by atoms with Gasteiger partial charge in [0.15, 0.2) is 0 Å². The maximum Gasteiger partial charge on any atom is 0.0231 e. The molecule has 1 aliphatic rings. The van der Waals surface area contributed by atoms with Crippen molar-refractivity contribution in [2.75, 3.05) is 26.7 Å². The Morgan fingerprint density at radius 1 is 1.18 bits per heavy atom. The van der Waals surface area contributed by atoms with Crippen molar-refractivity contribution in [1.82, 2.24) is 9.80 Å². The van der Waals surface area contributed by atoms with Crippen LogP contribution in [-0.2, 0) is 6.54 Å². The average Bonchev–Trinajstić information content (AvgIpc) is 2.83. The van der Waals surface area contributed by atoms with E-state index in [2.05, 4.69) is 54.1 Å². The standard InChI is InChI=1S/C15H24N2/c1-14(17-10-6-7-11-17)12-16(2)13-15-8-4-3-5-9-15/h3-5,8-9,14H,6-7,10-13H2,1-2H3. The van der Waals surface area contributed by atoms with Crippen LogP contribution in [0.25, 0.3) is 0 Å². The molecule has 0 spiro atoms. The molecule has 1 fully saturated rings. The lowest BCUT2D eigenvalue weighted by molar-refractivity contribution is 0.188. The van der Waals surface area contributed by atoms with Gasteiger partial charge in [0.05, 0.1) is 0 Å². The molecule has 0 aliphatic carbocycles. The molecule has 0 N–H and O–H groups in total. The average molecular weight is 232 g/mol. The van der Waals surface area contributed by atoms with E-state index in [0.29, 0.717) is 6.04 Å². The smallest absolute Gasteiger partial charge is 0.0231 e. The number of rotatable bonds is 5. The van der Waals surface area contributed by atoms with Crippen LogP contribution in [0.15, 0.2) is 30.3 Å². The maximum atomic E-state index is 2.61. The molecule has 2 nitrogen and oxygen atoms in total. The second-order valence-electron chi connectivity index (χ2n) is 5.27. The van der Waals surface area contributed by atoms with Gasteiger partial charge in [-0.15, -0.1) is 0 Å². The van der Waals surface area contributed by atoms with Crippen LogP contribution >= 0.6 is 0 Å². The predicted molar refractivity (Wildman–Crippen MR) is 73.0 cm³/mol. The summed E-state index contributed by atoms with van der Waals surface area (Å²) < 4.78 is 0. The molecule has 1 saturated heterocycles. The van der Waals surface area contributed by atoms with E-state index in [1.165, 1.54) is 31.5 Å². The Kier molecular flexibility index (Phi) is 4.57. The number of nitrogens with zero attached hydrogens (tertiary/aromatic N) is 2. The molecule has 94 valence electrons. The second-order valence-corrected chi connectivity index (χ2v) is 5.27. The fraction of sp³-hybridized carbons (Fsp3) is 0.600. The van der Waals surface area contributed by atoms with Crippen LogP contribution in [0.2, 0.25) is 0 Å². The lowest BCUT2D eigenvalue weighted by atomic mass is 10.2. The molecule has 0 radical (unpaired) electrons. The third-order valence-electron chi connectivity index (χ3n) is 3.64. The molecule has 1 aliphatic heterocycles. The van der Waals surface area contributed by atoms with Gasteiger partial charge in [-0.1, -0.05) is 30.3 Å². The summed E-state index contributed by atoms with van der Waals surface area (Å²) >= 11 is 0. The molecule has 0 aromatic heterocycles. The van der Waals surface area contributed by atoms with Gasteiger partial charge in [-0.2, -0.15) is 0 Å². The SMILES string of the molecule is CC(CN(C)Cc1ccccc1)N1CCCC1. The van der Waals surface area contributed by atoms with Gasteiger partial charge in [0.2, 0.25) is 0 Å². The van der Waals surface area contributed by atoms with Crippen molar-refractivity contribution in [2.24, 2.45) is 0 Å². The first-order valence-electron chi connectivity index (χ1n) is 6.72. The van der Waals surface area contributed by atoms with Gasteiger partial charge in [-0.3, -0.25) is 4.90 Å².